The summed E-state index contributed by atoms with van der Waals surface area (Å²) in [5, 5.41) is 14.1. The van der Waals surface area contributed by atoms with Gasteiger partial charge in [0.05, 0.1) is 10.7 Å². The quantitative estimate of drug-likeness (QED) is 0.683. The lowest BCUT2D eigenvalue weighted by Crippen LogP contribution is -2.15. The van der Waals surface area contributed by atoms with Crippen LogP contribution in [0.1, 0.15) is 16.1 Å². The van der Waals surface area contributed by atoms with E-state index in [9.17, 15) is 9.18 Å². The minimum atomic E-state index is -0.400. The maximum absolute atomic E-state index is 13.6. The van der Waals surface area contributed by atoms with Crippen molar-refractivity contribution in [2.24, 2.45) is 0 Å². The van der Waals surface area contributed by atoms with Gasteiger partial charge in [0, 0.05) is 6.54 Å². The molecule has 0 saturated heterocycles. The molecule has 1 amide bonds. The van der Waals surface area contributed by atoms with E-state index in [1.807, 2.05) is 0 Å². The Morgan fingerprint density at radius 3 is 2.50 bits per heavy atom. The summed E-state index contributed by atoms with van der Waals surface area (Å²) < 4.78 is 13.6. The highest BCUT2D eigenvalue weighted by molar-refractivity contribution is 6.33. The molecule has 3 aromatic rings. The van der Waals surface area contributed by atoms with Gasteiger partial charge in [0.2, 0.25) is 0 Å². The van der Waals surface area contributed by atoms with Crippen molar-refractivity contribution >= 4 is 29.0 Å². The molecular weight excluding hydrogens is 355 g/mol. The fourth-order valence-electron chi connectivity index (χ4n) is 2.32. The second kappa shape index (κ2) is 8.40. The highest BCUT2D eigenvalue weighted by Crippen LogP contribution is 2.21. The Hall–Kier alpha value is -2.99. The molecular formula is C19H16ClFN4O. The van der Waals surface area contributed by atoms with Crippen molar-refractivity contribution in [2.45, 2.75) is 6.42 Å². The summed E-state index contributed by atoms with van der Waals surface area (Å²) in [5.74, 6) is -0.119. The number of carbonyl (C=O) groups is 1. The first-order chi connectivity index (χ1) is 12.6. The third-order valence-corrected chi connectivity index (χ3v) is 4.01. The number of hydrogen-bond acceptors (Lipinski definition) is 4. The third-order valence-electron chi connectivity index (χ3n) is 3.68. The Morgan fingerprint density at radius 2 is 1.77 bits per heavy atom. The summed E-state index contributed by atoms with van der Waals surface area (Å²) in [4.78, 5) is 12.2. The topological polar surface area (TPSA) is 66.9 Å². The number of halogens is 2. The van der Waals surface area contributed by atoms with Crippen LogP contribution in [0, 0.1) is 5.82 Å². The number of nitrogens with one attached hydrogen (secondary N) is 2. The molecule has 0 saturated carbocycles. The Kier molecular flexibility index (Phi) is 5.76. The largest absolute Gasteiger partial charge is 0.368 e. The molecule has 0 aliphatic heterocycles. The van der Waals surface area contributed by atoms with Gasteiger partial charge in [-0.3, -0.25) is 4.79 Å². The molecule has 0 radical (unpaired) electrons. The van der Waals surface area contributed by atoms with Gasteiger partial charge < -0.3 is 10.6 Å². The molecule has 26 heavy (non-hydrogen) atoms. The average Bonchev–Trinajstić information content (AvgIpc) is 2.66. The van der Waals surface area contributed by atoms with Crippen LogP contribution in [0.2, 0.25) is 5.02 Å². The van der Waals surface area contributed by atoms with Crippen LogP contribution in [0.5, 0.6) is 0 Å². The van der Waals surface area contributed by atoms with Gasteiger partial charge in [-0.15, -0.1) is 10.2 Å². The number of rotatable bonds is 6. The van der Waals surface area contributed by atoms with Gasteiger partial charge in [0.15, 0.2) is 5.69 Å². The lowest BCUT2D eigenvalue weighted by Gasteiger charge is -2.08. The molecule has 0 spiro atoms. The van der Waals surface area contributed by atoms with Crippen LogP contribution in [-0.4, -0.2) is 22.6 Å². The van der Waals surface area contributed by atoms with E-state index in [2.05, 4.69) is 20.8 Å². The first kappa shape index (κ1) is 17.8. The molecule has 0 atom stereocenters. The molecule has 5 nitrogen and oxygen atoms in total. The summed E-state index contributed by atoms with van der Waals surface area (Å²) in [7, 11) is 0. The van der Waals surface area contributed by atoms with Crippen molar-refractivity contribution in [3.05, 3.63) is 82.8 Å². The van der Waals surface area contributed by atoms with Gasteiger partial charge in [-0.05, 0) is 42.3 Å². The molecule has 0 fully saturated rings. The number of aromatic nitrogens is 2. The van der Waals surface area contributed by atoms with Gasteiger partial charge in [-0.2, -0.15) is 0 Å². The predicted molar refractivity (Wildman–Crippen MR) is 100 cm³/mol. The van der Waals surface area contributed by atoms with Crippen molar-refractivity contribution in [1.29, 1.82) is 0 Å². The zero-order chi connectivity index (χ0) is 18.4. The second-order valence-electron chi connectivity index (χ2n) is 5.51. The third kappa shape index (κ3) is 4.55. The van der Waals surface area contributed by atoms with E-state index in [0.717, 1.165) is 0 Å². The molecule has 1 heterocycles. The minimum Gasteiger partial charge on any atom is -0.368 e. The highest BCUT2D eigenvalue weighted by atomic mass is 35.5. The zero-order valence-corrected chi connectivity index (χ0v) is 14.5. The van der Waals surface area contributed by atoms with Crippen molar-refractivity contribution in [3.8, 4) is 0 Å². The maximum Gasteiger partial charge on any atom is 0.276 e. The zero-order valence-electron chi connectivity index (χ0n) is 13.7. The molecule has 0 bridgehead atoms. The lowest BCUT2D eigenvalue weighted by atomic mass is 10.1. The highest BCUT2D eigenvalue weighted by Gasteiger charge is 2.10. The van der Waals surface area contributed by atoms with Crippen LogP contribution < -0.4 is 10.6 Å². The molecule has 1 aromatic heterocycles. The monoisotopic (exact) mass is 370 g/mol. The first-order valence-corrected chi connectivity index (χ1v) is 8.38. The fourth-order valence-corrected chi connectivity index (χ4v) is 2.51. The minimum absolute atomic E-state index is 0.171. The van der Waals surface area contributed by atoms with Crippen LogP contribution >= 0.6 is 11.6 Å². The summed E-state index contributed by atoms with van der Waals surface area (Å²) in [6.07, 6.45) is 0.517. The molecule has 132 valence electrons. The van der Waals surface area contributed by atoms with Crippen LogP contribution in [0.3, 0.4) is 0 Å². The molecule has 2 N–H and O–H groups in total. The summed E-state index contributed by atoms with van der Waals surface area (Å²) in [6, 6.07) is 16.8. The number of hydrogen-bond donors (Lipinski definition) is 2. The maximum atomic E-state index is 13.6. The van der Waals surface area contributed by atoms with E-state index < -0.39 is 5.91 Å². The Morgan fingerprint density at radius 1 is 1.00 bits per heavy atom. The average molecular weight is 371 g/mol. The van der Waals surface area contributed by atoms with Gasteiger partial charge >= 0.3 is 0 Å². The number of amides is 1. The van der Waals surface area contributed by atoms with Crippen molar-refractivity contribution < 1.29 is 9.18 Å². The van der Waals surface area contributed by atoms with E-state index >= 15 is 0 Å². The number of nitrogens with zero attached hydrogens (tertiary/aromatic N) is 2. The number of para-hydroxylation sites is 1. The van der Waals surface area contributed by atoms with Crippen LogP contribution in [-0.2, 0) is 6.42 Å². The van der Waals surface area contributed by atoms with Crippen molar-refractivity contribution in [2.75, 3.05) is 17.2 Å². The van der Waals surface area contributed by atoms with Gasteiger partial charge in [0.1, 0.15) is 11.6 Å². The van der Waals surface area contributed by atoms with E-state index in [1.54, 1.807) is 54.6 Å². The number of carbonyl (C=O) groups excluding carboxylic acids is 1. The van der Waals surface area contributed by atoms with Crippen LogP contribution in [0.25, 0.3) is 0 Å². The lowest BCUT2D eigenvalue weighted by molar-refractivity contribution is 0.102. The Balaban J connectivity index is 1.55. The Bertz CT molecular complexity index is 902. The fraction of sp³-hybridized carbons (Fsp3) is 0.105. The normalized spacial score (nSPS) is 10.4. The second-order valence-corrected chi connectivity index (χ2v) is 5.91. The van der Waals surface area contributed by atoms with Crippen molar-refractivity contribution in [3.63, 3.8) is 0 Å². The predicted octanol–water partition coefficient (Wildman–Crippen LogP) is 4.18. The van der Waals surface area contributed by atoms with Crippen molar-refractivity contribution in [1.82, 2.24) is 10.2 Å². The van der Waals surface area contributed by atoms with Crippen LogP contribution in [0.15, 0.2) is 60.7 Å². The Labute approximate surface area is 155 Å². The molecule has 0 aliphatic carbocycles. The molecule has 0 aliphatic rings. The smallest absolute Gasteiger partial charge is 0.276 e. The van der Waals surface area contributed by atoms with Gasteiger partial charge in [-0.25, -0.2) is 4.39 Å². The first-order valence-electron chi connectivity index (χ1n) is 8.00. The van der Waals surface area contributed by atoms with E-state index in [-0.39, 0.29) is 11.5 Å². The van der Waals surface area contributed by atoms with Gasteiger partial charge in [-0.1, -0.05) is 41.9 Å². The molecule has 2 aromatic carbocycles. The van der Waals surface area contributed by atoms with E-state index in [0.29, 0.717) is 35.1 Å². The van der Waals surface area contributed by atoms with E-state index in [1.165, 1.54) is 6.07 Å². The van der Waals surface area contributed by atoms with Gasteiger partial charge in [0.25, 0.3) is 5.91 Å². The summed E-state index contributed by atoms with van der Waals surface area (Å²) >= 11 is 6.01. The van der Waals surface area contributed by atoms with Crippen LogP contribution in [0.4, 0.5) is 15.9 Å². The number of anilines is 2. The number of benzene rings is 2. The summed E-state index contributed by atoms with van der Waals surface area (Å²) in [5.41, 5.74) is 1.31. The molecule has 7 heteroatoms. The molecule has 0 unspecified atom stereocenters. The SMILES string of the molecule is O=C(Nc1ccccc1Cl)c1ccc(NCCc2ccccc2F)nn1. The molecule has 3 rings (SSSR count). The standard InChI is InChI=1S/C19H16ClFN4O/c20-14-6-2-4-8-16(14)23-19(26)17-9-10-18(25-24-17)22-12-11-13-5-1-3-7-15(13)21/h1-10H,11-12H2,(H,22,25)(H,23,26). The van der Waals surface area contributed by atoms with E-state index in [4.69, 9.17) is 11.6 Å². The summed E-state index contributed by atoms with van der Waals surface area (Å²) in [6.45, 7) is 0.501.